The molecule has 0 saturated carbocycles. The number of aliphatic hydroxyl groups excluding tert-OH is 1. The van der Waals surface area contributed by atoms with Gasteiger partial charge in [0.25, 0.3) is 0 Å². The summed E-state index contributed by atoms with van der Waals surface area (Å²) in [6.07, 6.45) is 2.10. The van der Waals surface area contributed by atoms with E-state index in [1.165, 1.54) is 16.8 Å². The summed E-state index contributed by atoms with van der Waals surface area (Å²) in [5, 5.41) is 17.6. The minimum Gasteiger partial charge on any atom is -0.387 e. The Morgan fingerprint density at radius 1 is 1.31 bits per heavy atom. The number of fused-ring (bicyclic) bond motifs is 1. The van der Waals surface area contributed by atoms with E-state index in [0.29, 0.717) is 19.4 Å². The molecule has 2 fully saturated rings. The number of halogens is 1. The highest BCUT2D eigenvalue weighted by Crippen LogP contribution is 2.41. The van der Waals surface area contributed by atoms with Crippen LogP contribution in [0.3, 0.4) is 0 Å². The van der Waals surface area contributed by atoms with Crippen LogP contribution in [0.1, 0.15) is 53.4 Å². The Labute approximate surface area is 200 Å². The second-order valence-electron chi connectivity index (χ2n) is 9.15. The van der Waals surface area contributed by atoms with Gasteiger partial charge in [0.15, 0.2) is 5.79 Å². The molecule has 2 aliphatic rings. The van der Waals surface area contributed by atoms with E-state index in [1.54, 1.807) is 27.8 Å². The Morgan fingerprint density at radius 2 is 1.97 bits per heavy atom. The third-order valence-electron chi connectivity index (χ3n) is 5.94. The predicted molar refractivity (Wildman–Crippen MR) is 125 cm³/mol. The monoisotopic (exact) mass is 495 g/mol. The average molecular weight is 496 g/mol. The van der Waals surface area contributed by atoms with Crippen LogP contribution >= 0.6 is 23.4 Å². The van der Waals surface area contributed by atoms with Crippen molar-refractivity contribution in [2.75, 3.05) is 19.8 Å². The van der Waals surface area contributed by atoms with Crippen LogP contribution < -0.4 is 5.32 Å². The molecule has 0 spiro atoms. The Morgan fingerprint density at radius 3 is 2.53 bits per heavy atom. The number of hydrogen-bond acceptors (Lipinski definition) is 8. The van der Waals surface area contributed by atoms with Gasteiger partial charge in [0.05, 0.1) is 16.7 Å². The molecular formula is C21H38ClN3O6S. The van der Waals surface area contributed by atoms with Crippen LogP contribution in [0.15, 0.2) is 5.29 Å². The largest absolute Gasteiger partial charge is 0.387 e. The Kier molecular flexibility index (Phi) is 10.5. The van der Waals surface area contributed by atoms with Crippen LogP contribution in [0.2, 0.25) is 0 Å². The number of rotatable bonds is 12. The molecule has 0 unspecified atom stereocenters. The van der Waals surface area contributed by atoms with Gasteiger partial charge in [0.2, 0.25) is 5.91 Å². The van der Waals surface area contributed by atoms with Gasteiger partial charge in [-0.2, -0.15) is 0 Å². The Hall–Kier alpha value is -0.650. The summed E-state index contributed by atoms with van der Waals surface area (Å²) in [4.78, 5) is 23.6. The number of ether oxygens (including phenoxy) is 3. The first-order valence-corrected chi connectivity index (χ1v) is 12.9. The zero-order valence-corrected chi connectivity index (χ0v) is 21.4. The third-order valence-corrected chi connectivity index (χ3v) is 7.07. The Bertz CT molecular complexity index is 628. The fourth-order valence-corrected chi connectivity index (χ4v) is 5.36. The second-order valence-corrected chi connectivity index (χ2v) is 10.8. The number of aliphatic hydroxyl groups is 1. The maximum absolute atomic E-state index is 12.8. The fraction of sp³-hybridized carbons (Fsp3) is 0.952. The lowest BCUT2D eigenvalue weighted by Crippen LogP contribution is -2.63. The maximum Gasteiger partial charge on any atom is 0.220 e. The molecule has 2 N–H and O–H groups in total. The summed E-state index contributed by atoms with van der Waals surface area (Å²) < 4.78 is 18.2. The van der Waals surface area contributed by atoms with E-state index in [0.717, 1.165) is 12.8 Å². The van der Waals surface area contributed by atoms with E-state index >= 15 is 0 Å². The van der Waals surface area contributed by atoms with Crippen molar-refractivity contribution >= 4 is 29.3 Å². The highest BCUT2D eigenvalue weighted by Gasteiger charge is 2.57. The number of carbonyl (C=O) groups is 1. The first-order chi connectivity index (χ1) is 15.0. The van der Waals surface area contributed by atoms with Gasteiger partial charge in [-0.3, -0.25) is 9.80 Å². The number of thioether (sulfide) groups is 1. The summed E-state index contributed by atoms with van der Waals surface area (Å²) >= 11 is 7.88. The number of amides is 1. The molecule has 1 amide bonds. The molecule has 2 rings (SSSR count). The molecule has 2 heterocycles. The van der Waals surface area contributed by atoms with Crippen molar-refractivity contribution in [3.63, 3.8) is 0 Å². The van der Waals surface area contributed by atoms with Gasteiger partial charge in [0.1, 0.15) is 29.9 Å². The normalized spacial score (nSPS) is 31.9. The first-order valence-electron chi connectivity index (χ1n) is 11.2. The molecule has 8 atom stereocenters. The summed E-state index contributed by atoms with van der Waals surface area (Å²) in [7, 11) is 1.64. The molecule has 0 radical (unpaired) electrons. The fourth-order valence-electron chi connectivity index (χ4n) is 4.48. The Balaban J connectivity index is 2.08. The van der Waals surface area contributed by atoms with Crippen molar-refractivity contribution in [3.05, 3.63) is 4.91 Å². The van der Waals surface area contributed by atoms with E-state index < -0.39 is 47.1 Å². The van der Waals surface area contributed by atoms with Gasteiger partial charge in [-0.25, -0.2) is 0 Å². The molecule has 0 bridgehead atoms. The zero-order chi connectivity index (χ0) is 24.1. The summed E-state index contributed by atoms with van der Waals surface area (Å²) in [6.45, 7) is 7.98. The van der Waals surface area contributed by atoms with Crippen molar-refractivity contribution in [1.29, 1.82) is 0 Å². The van der Waals surface area contributed by atoms with Crippen LogP contribution in [0, 0.1) is 10.8 Å². The molecule has 0 aromatic rings. The molecular weight excluding hydrogens is 458 g/mol. The summed E-state index contributed by atoms with van der Waals surface area (Å²) in [5.74, 6) is -0.823. The average Bonchev–Trinajstić information content (AvgIpc) is 3.06. The van der Waals surface area contributed by atoms with Crippen LogP contribution in [0.25, 0.3) is 0 Å². The third kappa shape index (κ3) is 7.17. The van der Waals surface area contributed by atoms with Gasteiger partial charge in [-0.1, -0.05) is 13.3 Å². The molecule has 0 aromatic carbocycles. The SMILES string of the molecule is CCC[C@H](CCC(=O)N[C@@H]([C@H]1O[C@H](SC)[C@H](O)[C@H]2OC(C)(C)O[C@H]21)[C@H](C)Cl)CN(C)N=O. The molecule has 2 aliphatic heterocycles. The lowest BCUT2D eigenvalue weighted by molar-refractivity contribution is -0.168. The molecule has 9 nitrogen and oxygen atoms in total. The van der Waals surface area contributed by atoms with E-state index in [2.05, 4.69) is 17.5 Å². The molecule has 32 heavy (non-hydrogen) atoms. The minimum absolute atomic E-state index is 0.143. The highest BCUT2D eigenvalue weighted by atomic mass is 35.5. The topological polar surface area (TPSA) is 110 Å². The number of carbonyl (C=O) groups excluding carboxylic acids is 1. The lowest BCUT2D eigenvalue weighted by Gasteiger charge is -2.43. The number of nitrogens with one attached hydrogen (secondary N) is 1. The molecule has 11 heteroatoms. The predicted octanol–water partition coefficient (Wildman–Crippen LogP) is 2.88. The van der Waals surface area contributed by atoms with Crippen molar-refractivity contribution in [3.8, 4) is 0 Å². The van der Waals surface area contributed by atoms with Gasteiger partial charge in [0, 0.05) is 20.0 Å². The molecule has 0 aliphatic carbocycles. The van der Waals surface area contributed by atoms with Gasteiger partial charge < -0.3 is 24.6 Å². The maximum atomic E-state index is 12.8. The molecule has 0 aromatic heterocycles. The van der Waals surface area contributed by atoms with Gasteiger partial charge in [-0.05, 0) is 45.8 Å². The number of alkyl halides is 1. The van der Waals surface area contributed by atoms with Crippen molar-refractivity contribution < 1.29 is 24.1 Å². The first kappa shape index (κ1) is 27.6. The number of nitroso groups, excluding NO2 is 1. The van der Waals surface area contributed by atoms with Crippen molar-refractivity contribution in [2.45, 2.75) is 100 Å². The van der Waals surface area contributed by atoms with E-state index in [-0.39, 0.29) is 11.8 Å². The van der Waals surface area contributed by atoms with Gasteiger partial charge >= 0.3 is 0 Å². The molecule has 186 valence electrons. The second kappa shape index (κ2) is 12.2. The van der Waals surface area contributed by atoms with E-state index in [4.69, 9.17) is 25.8 Å². The lowest BCUT2D eigenvalue weighted by atomic mass is 9.92. The zero-order valence-electron chi connectivity index (χ0n) is 19.8. The van der Waals surface area contributed by atoms with Crippen LogP contribution in [0.4, 0.5) is 0 Å². The highest BCUT2D eigenvalue weighted by molar-refractivity contribution is 7.99. The molecule has 2 saturated heterocycles. The van der Waals surface area contributed by atoms with Crippen LogP contribution in [0.5, 0.6) is 0 Å². The summed E-state index contributed by atoms with van der Waals surface area (Å²) in [6, 6.07) is -0.528. The minimum atomic E-state index is -0.874. The van der Waals surface area contributed by atoms with E-state index in [9.17, 15) is 14.8 Å². The number of hydrogen-bond donors (Lipinski definition) is 2. The smallest absolute Gasteiger partial charge is 0.220 e. The standard InChI is InChI=1S/C21H38ClN3O6S/c1-7-8-13(11-25(5)24-28)9-10-14(26)23-15(12(2)22)17-19-18(30-21(3,4)31-19)16(27)20(29-17)32-6/h12-13,15-20,27H,7-11H2,1-6H3,(H,23,26)/t12-,13+,15+,16+,17+,18+,19-,20+/m0/s1. The summed E-state index contributed by atoms with van der Waals surface area (Å²) in [5.41, 5.74) is -0.520. The van der Waals surface area contributed by atoms with Crippen molar-refractivity contribution in [2.24, 2.45) is 11.2 Å². The van der Waals surface area contributed by atoms with Crippen molar-refractivity contribution in [1.82, 2.24) is 10.3 Å². The quantitative estimate of drug-likeness (QED) is 0.241. The van der Waals surface area contributed by atoms with Crippen LogP contribution in [-0.4, -0.2) is 82.9 Å². The van der Waals surface area contributed by atoms with Gasteiger partial charge in [-0.15, -0.1) is 28.3 Å². The van der Waals surface area contributed by atoms with E-state index in [1.807, 2.05) is 6.26 Å². The van der Waals surface area contributed by atoms with Crippen LogP contribution in [-0.2, 0) is 19.0 Å². The number of nitrogens with zero attached hydrogens (tertiary/aromatic N) is 2.